The van der Waals surface area contributed by atoms with E-state index in [0.717, 1.165) is 28.0 Å². The van der Waals surface area contributed by atoms with Gasteiger partial charge in [-0.25, -0.2) is 0 Å². The molecular weight excluding hydrogens is 410 g/mol. The van der Waals surface area contributed by atoms with E-state index in [2.05, 4.69) is 13.8 Å². The first-order valence-electron chi connectivity index (χ1n) is 10.6. The summed E-state index contributed by atoms with van der Waals surface area (Å²) >= 11 is 6.31. The number of benzene rings is 2. The van der Waals surface area contributed by atoms with Gasteiger partial charge < -0.3 is 4.74 Å². The van der Waals surface area contributed by atoms with Crippen molar-refractivity contribution in [1.82, 2.24) is 0 Å². The van der Waals surface area contributed by atoms with Crippen molar-refractivity contribution in [2.24, 2.45) is 5.41 Å². The zero-order chi connectivity index (χ0) is 22.5. The molecule has 162 valence electrons. The Bertz CT molecular complexity index is 1100. The third-order valence-corrected chi connectivity index (χ3v) is 6.73. The highest BCUT2D eigenvalue weighted by Gasteiger charge is 2.45. The smallest absolute Gasteiger partial charge is 0.232 e. The zero-order valence-electron chi connectivity index (χ0n) is 18.7. The topological polar surface area (TPSA) is 46.6 Å². The van der Waals surface area contributed by atoms with Crippen LogP contribution in [0.5, 0.6) is 5.75 Å². The molecule has 2 aromatic rings. The number of Topliss-reactive ketones (excluding diaryl/α,β-unsaturated/α-hetero) is 1. The molecule has 0 fully saturated rings. The van der Waals surface area contributed by atoms with Gasteiger partial charge in [0.15, 0.2) is 5.78 Å². The molecule has 1 atom stereocenters. The highest BCUT2D eigenvalue weighted by molar-refractivity contribution is 6.31. The van der Waals surface area contributed by atoms with Gasteiger partial charge >= 0.3 is 0 Å². The molecule has 1 aliphatic carbocycles. The highest BCUT2D eigenvalue weighted by atomic mass is 35.5. The van der Waals surface area contributed by atoms with E-state index >= 15 is 0 Å². The average Bonchev–Trinajstić information content (AvgIpc) is 2.69. The van der Waals surface area contributed by atoms with E-state index in [0.29, 0.717) is 29.3 Å². The first-order valence-corrected chi connectivity index (χ1v) is 11.0. The number of hydrogen-bond donors (Lipinski definition) is 0. The fourth-order valence-electron chi connectivity index (χ4n) is 4.76. The van der Waals surface area contributed by atoms with Crippen LogP contribution < -0.4 is 9.64 Å². The quantitative estimate of drug-likeness (QED) is 0.580. The molecule has 0 saturated heterocycles. The largest absolute Gasteiger partial charge is 0.495 e. The number of hydrogen-bond acceptors (Lipinski definition) is 3. The minimum atomic E-state index is -0.224. The lowest BCUT2D eigenvalue weighted by Crippen LogP contribution is -2.43. The summed E-state index contributed by atoms with van der Waals surface area (Å²) in [6.45, 7) is 8.10. The monoisotopic (exact) mass is 437 g/mol. The standard InChI is InChI=1S/C26H28ClNO3/c1-15-6-8-17(9-7-15)18-11-24(30)28(20-10-16(2)19(27)12-23(20)31-5)21-13-26(3,4)14-22(29)25(18)21/h6-10,12,18H,11,13-14H2,1-5H3. The molecule has 2 aliphatic rings. The van der Waals surface area contributed by atoms with Gasteiger partial charge in [-0.2, -0.15) is 0 Å². The van der Waals surface area contributed by atoms with E-state index in [1.807, 2.05) is 44.2 Å². The van der Waals surface area contributed by atoms with Gasteiger partial charge in [0.25, 0.3) is 0 Å². The first-order chi connectivity index (χ1) is 14.6. The Labute approximate surface area is 188 Å². The van der Waals surface area contributed by atoms with Crippen molar-refractivity contribution in [3.63, 3.8) is 0 Å². The fourth-order valence-corrected chi connectivity index (χ4v) is 4.92. The van der Waals surface area contributed by atoms with Gasteiger partial charge in [-0.1, -0.05) is 55.3 Å². The number of carbonyl (C=O) groups is 2. The Hall–Kier alpha value is -2.59. The van der Waals surface area contributed by atoms with Crippen LogP contribution in [-0.4, -0.2) is 18.8 Å². The zero-order valence-corrected chi connectivity index (χ0v) is 19.5. The van der Waals surface area contributed by atoms with E-state index in [4.69, 9.17) is 16.3 Å². The minimum absolute atomic E-state index is 0.0325. The second-order valence-electron chi connectivity index (χ2n) is 9.47. The predicted octanol–water partition coefficient (Wildman–Crippen LogP) is 6.13. The number of halogens is 1. The Morgan fingerprint density at radius 2 is 1.74 bits per heavy atom. The molecule has 0 N–H and O–H groups in total. The van der Waals surface area contributed by atoms with Crippen LogP contribution in [0.25, 0.3) is 0 Å². The van der Waals surface area contributed by atoms with Crippen LogP contribution in [0.3, 0.4) is 0 Å². The lowest BCUT2D eigenvalue weighted by Gasteiger charge is -2.43. The number of anilines is 1. The summed E-state index contributed by atoms with van der Waals surface area (Å²) in [5.41, 5.74) is 5.00. The van der Waals surface area contributed by atoms with Gasteiger partial charge in [-0.15, -0.1) is 0 Å². The van der Waals surface area contributed by atoms with Crippen LogP contribution in [-0.2, 0) is 9.59 Å². The Kier molecular flexibility index (Phi) is 5.47. The van der Waals surface area contributed by atoms with E-state index in [1.165, 1.54) is 0 Å². The van der Waals surface area contributed by atoms with Gasteiger partial charge in [-0.3, -0.25) is 14.5 Å². The summed E-state index contributed by atoms with van der Waals surface area (Å²) in [6, 6.07) is 11.8. The molecule has 0 bridgehead atoms. The molecule has 0 radical (unpaired) electrons. The van der Waals surface area contributed by atoms with Crippen LogP contribution in [0.1, 0.15) is 55.7 Å². The van der Waals surface area contributed by atoms with Crippen LogP contribution in [0.2, 0.25) is 5.02 Å². The van der Waals surface area contributed by atoms with E-state index in [-0.39, 0.29) is 29.4 Å². The van der Waals surface area contributed by atoms with Crippen molar-refractivity contribution in [1.29, 1.82) is 0 Å². The molecule has 0 aromatic heterocycles. The molecule has 1 heterocycles. The molecule has 4 nitrogen and oxygen atoms in total. The summed E-state index contributed by atoms with van der Waals surface area (Å²) < 4.78 is 5.58. The minimum Gasteiger partial charge on any atom is -0.495 e. The Balaban J connectivity index is 1.94. The molecular formula is C26H28ClNO3. The molecule has 31 heavy (non-hydrogen) atoms. The maximum absolute atomic E-state index is 13.6. The molecule has 1 unspecified atom stereocenters. The molecule has 4 rings (SSSR count). The summed E-state index contributed by atoms with van der Waals surface area (Å²) in [5, 5.41) is 0.580. The maximum Gasteiger partial charge on any atom is 0.232 e. The summed E-state index contributed by atoms with van der Waals surface area (Å²) in [5.74, 6) is 0.400. The van der Waals surface area contributed by atoms with Crippen LogP contribution in [0.4, 0.5) is 5.69 Å². The molecule has 1 amide bonds. The van der Waals surface area contributed by atoms with Crippen molar-refractivity contribution < 1.29 is 14.3 Å². The number of nitrogens with zero attached hydrogens (tertiary/aromatic N) is 1. The Morgan fingerprint density at radius 1 is 1.06 bits per heavy atom. The predicted molar refractivity (Wildman–Crippen MR) is 124 cm³/mol. The number of allylic oxidation sites excluding steroid dienone is 2. The molecule has 0 spiro atoms. The lowest BCUT2D eigenvalue weighted by atomic mass is 9.69. The number of aryl methyl sites for hydroxylation is 2. The summed E-state index contributed by atoms with van der Waals surface area (Å²) in [6.07, 6.45) is 1.37. The van der Waals surface area contributed by atoms with E-state index < -0.39 is 0 Å². The van der Waals surface area contributed by atoms with Crippen molar-refractivity contribution in [2.75, 3.05) is 12.0 Å². The van der Waals surface area contributed by atoms with Gasteiger partial charge in [0, 0.05) is 41.1 Å². The van der Waals surface area contributed by atoms with Crippen LogP contribution >= 0.6 is 11.6 Å². The van der Waals surface area contributed by atoms with Crippen molar-refractivity contribution in [3.8, 4) is 5.75 Å². The Morgan fingerprint density at radius 3 is 2.39 bits per heavy atom. The second kappa shape index (κ2) is 7.83. The molecule has 0 saturated carbocycles. The van der Waals surface area contributed by atoms with Gasteiger partial charge in [0.05, 0.1) is 12.8 Å². The highest BCUT2D eigenvalue weighted by Crippen LogP contribution is 2.49. The number of amides is 1. The SMILES string of the molecule is COc1cc(Cl)c(C)cc1N1C(=O)CC(c2ccc(C)cc2)C2=C1CC(C)(C)CC2=O. The number of ketones is 1. The van der Waals surface area contributed by atoms with Crippen molar-refractivity contribution in [3.05, 3.63) is 69.4 Å². The summed E-state index contributed by atoms with van der Waals surface area (Å²) in [7, 11) is 1.57. The average molecular weight is 438 g/mol. The third kappa shape index (κ3) is 3.89. The third-order valence-electron chi connectivity index (χ3n) is 6.32. The van der Waals surface area contributed by atoms with Gasteiger partial charge in [0.1, 0.15) is 5.75 Å². The second-order valence-corrected chi connectivity index (χ2v) is 9.88. The number of ether oxygens (including phenoxy) is 1. The van der Waals surface area contributed by atoms with E-state index in [1.54, 1.807) is 18.1 Å². The molecule has 2 aromatic carbocycles. The maximum atomic E-state index is 13.6. The summed E-state index contributed by atoms with van der Waals surface area (Å²) in [4.78, 5) is 28.7. The normalized spacial score (nSPS) is 20.7. The van der Waals surface area contributed by atoms with E-state index in [9.17, 15) is 9.59 Å². The van der Waals surface area contributed by atoms with Crippen LogP contribution in [0, 0.1) is 19.3 Å². The van der Waals surface area contributed by atoms with Gasteiger partial charge in [0.2, 0.25) is 5.91 Å². The van der Waals surface area contributed by atoms with Crippen LogP contribution in [0.15, 0.2) is 47.7 Å². The fraction of sp³-hybridized carbons (Fsp3) is 0.385. The molecule has 5 heteroatoms. The lowest BCUT2D eigenvalue weighted by molar-refractivity contribution is -0.121. The number of carbonyl (C=O) groups excluding carboxylic acids is 2. The van der Waals surface area contributed by atoms with Gasteiger partial charge in [-0.05, 0) is 42.9 Å². The first kappa shape index (κ1) is 21.6. The van der Waals surface area contributed by atoms with Crippen molar-refractivity contribution >= 4 is 29.0 Å². The van der Waals surface area contributed by atoms with Crippen molar-refractivity contribution in [2.45, 2.75) is 52.9 Å². The molecule has 1 aliphatic heterocycles. The number of rotatable bonds is 3. The number of methoxy groups -OCH3 is 1.